The van der Waals surface area contributed by atoms with E-state index in [0.717, 1.165) is 39.6 Å². The molecule has 3 heterocycles. The average molecular weight is 378 g/mol. The first-order valence-electron chi connectivity index (χ1n) is 8.66. The highest BCUT2D eigenvalue weighted by Gasteiger charge is 2.29. The van der Waals surface area contributed by atoms with Gasteiger partial charge in [0.15, 0.2) is 0 Å². The molecule has 1 saturated carbocycles. The summed E-state index contributed by atoms with van der Waals surface area (Å²) >= 11 is 1.49. The van der Waals surface area contributed by atoms with Crippen molar-refractivity contribution < 1.29 is 9.90 Å². The molecule has 0 saturated heterocycles. The smallest absolute Gasteiger partial charge is 0.228 e. The van der Waals surface area contributed by atoms with Crippen LogP contribution in [0.25, 0.3) is 10.8 Å². The van der Waals surface area contributed by atoms with Gasteiger partial charge in [0.2, 0.25) is 5.91 Å². The van der Waals surface area contributed by atoms with Gasteiger partial charge in [-0.3, -0.25) is 4.79 Å². The molecule has 1 amide bonds. The second-order valence-electron chi connectivity index (χ2n) is 6.33. The number of amides is 1. The van der Waals surface area contributed by atoms with Crippen LogP contribution in [-0.2, 0) is 11.4 Å². The van der Waals surface area contributed by atoms with Gasteiger partial charge in [-0.05, 0) is 30.4 Å². The Morgan fingerprint density at radius 2 is 2.15 bits per heavy atom. The molecule has 3 N–H and O–H groups in total. The number of thiophene rings is 1. The van der Waals surface area contributed by atoms with Crippen molar-refractivity contribution in [3.8, 4) is 11.8 Å². The molecule has 0 atom stereocenters. The summed E-state index contributed by atoms with van der Waals surface area (Å²) in [4.78, 5) is 21.6. The number of nitrogens with one attached hydrogen (secondary N) is 2. The molecule has 27 heavy (non-hydrogen) atoms. The van der Waals surface area contributed by atoms with Gasteiger partial charge in [0.25, 0.3) is 0 Å². The summed E-state index contributed by atoms with van der Waals surface area (Å²) in [5, 5.41) is 18.9. The number of anilines is 2. The van der Waals surface area contributed by atoms with E-state index < -0.39 is 0 Å². The Morgan fingerprint density at radius 1 is 1.30 bits per heavy atom. The molecule has 1 fully saturated rings. The third-order valence-electron chi connectivity index (χ3n) is 4.44. The first-order chi connectivity index (χ1) is 13.2. The van der Waals surface area contributed by atoms with E-state index in [0.29, 0.717) is 11.6 Å². The number of aliphatic hydroxyl groups is 1. The number of hydrogen-bond acceptors (Lipinski definition) is 6. The molecule has 6 nitrogen and oxygen atoms in total. The standard InChI is InChI=1S/C20H18N4O2S/c1-21-19-16-10-22-18(24-20(26)12-2-3-12)8-15(16)13(9-23-19)4-5-17-14(11-25)6-7-27-17/h6-10,12,25H,2-3,11H2,1H3,(H,21,23)(H,22,24,26). The summed E-state index contributed by atoms with van der Waals surface area (Å²) in [6, 6.07) is 3.70. The van der Waals surface area contributed by atoms with E-state index in [-0.39, 0.29) is 18.4 Å². The number of hydrogen-bond donors (Lipinski definition) is 3. The molecular weight excluding hydrogens is 360 g/mol. The molecule has 1 aliphatic carbocycles. The van der Waals surface area contributed by atoms with Gasteiger partial charge >= 0.3 is 0 Å². The largest absolute Gasteiger partial charge is 0.392 e. The van der Waals surface area contributed by atoms with Crippen molar-refractivity contribution in [3.05, 3.63) is 45.9 Å². The minimum atomic E-state index is -0.0352. The van der Waals surface area contributed by atoms with Crippen molar-refractivity contribution in [3.63, 3.8) is 0 Å². The maximum atomic E-state index is 12.0. The summed E-state index contributed by atoms with van der Waals surface area (Å²) < 4.78 is 0. The van der Waals surface area contributed by atoms with E-state index in [9.17, 15) is 9.90 Å². The van der Waals surface area contributed by atoms with Crippen LogP contribution in [0.15, 0.2) is 29.9 Å². The fraction of sp³-hybridized carbons (Fsp3) is 0.250. The zero-order chi connectivity index (χ0) is 18.8. The first kappa shape index (κ1) is 17.5. The number of fused-ring (bicyclic) bond motifs is 1. The van der Waals surface area contributed by atoms with E-state index >= 15 is 0 Å². The predicted molar refractivity (Wildman–Crippen MR) is 107 cm³/mol. The zero-order valence-electron chi connectivity index (χ0n) is 14.7. The maximum absolute atomic E-state index is 12.0. The SMILES string of the molecule is CNc1ncc(C#Cc2sccc2CO)c2cc(NC(=O)C3CC3)ncc12. The molecule has 3 aromatic rings. The van der Waals surface area contributed by atoms with Gasteiger partial charge in [0.05, 0.1) is 17.0 Å². The highest BCUT2D eigenvalue weighted by Crippen LogP contribution is 2.31. The van der Waals surface area contributed by atoms with E-state index in [1.165, 1.54) is 11.3 Å². The van der Waals surface area contributed by atoms with E-state index in [2.05, 4.69) is 32.4 Å². The fourth-order valence-corrected chi connectivity index (χ4v) is 3.53. The molecular formula is C20H18N4O2S. The Morgan fingerprint density at radius 3 is 2.89 bits per heavy atom. The number of aliphatic hydroxyl groups excluding tert-OH is 1. The van der Waals surface area contributed by atoms with Gasteiger partial charge in [-0.25, -0.2) is 9.97 Å². The normalized spacial score (nSPS) is 13.1. The number of carbonyl (C=O) groups is 1. The number of rotatable bonds is 4. The average Bonchev–Trinajstić information content (AvgIpc) is 3.45. The Bertz CT molecular complexity index is 1080. The Kier molecular flexibility index (Phi) is 4.75. The molecule has 136 valence electrons. The number of pyridine rings is 2. The number of aromatic nitrogens is 2. The molecule has 4 rings (SSSR count). The van der Waals surface area contributed by atoms with Gasteiger partial charge < -0.3 is 15.7 Å². The molecule has 3 aromatic heterocycles. The van der Waals surface area contributed by atoms with Gasteiger partial charge in [-0.1, -0.05) is 11.8 Å². The second-order valence-corrected chi connectivity index (χ2v) is 7.25. The van der Waals surface area contributed by atoms with Gasteiger partial charge in [-0.2, -0.15) is 0 Å². The quantitative estimate of drug-likeness (QED) is 0.608. The van der Waals surface area contributed by atoms with Gasteiger partial charge in [0, 0.05) is 41.7 Å². The summed E-state index contributed by atoms with van der Waals surface area (Å²) in [5.41, 5.74) is 1.56. The Hall–Kier alpha value is -2.95. The molecule has 1 aliphatic rings. The summed E-state index contributed by atoms with van der Waals surface area (Å²) in [6.07, 6.45) is 5.29. The molecule has 0 unspecified atom stereocenters. The van der Waals surface area contributed by atoms with E-state index in [1.807, 2.05) is 17.5 Å². The predicted octanol–water partition coefficient (Wildman–Crippen LogP) is 2.97. The molecule has 0 radical (unpaired) electrons. The Balaban J connectivity index is 1.76. The summed E-state index contributed by atoms with van der Waals surface area (Å²) in [7, 11) is 1.80. The minimum Gasteiger partial charge on any atom is -0.392 e. The lowest BCUT2D eigenvalue weighted by Gasteiger charge is -2.09. The maximum Gasteiger partial charge on any atom is 0.228 e. The fourth-order valence-electron chi connectivity index (χ4n) is 2.77. The Labute approximate surface area is 160 Å². The molecule has 0 aromatic carbocycles. The third-order valence-corrected chi connectivity index (χ3v) is 5.31. The first-order valence-corrected chi connectivity index (χ1v) is 9.54. The lowest BCUT2D eigenvalue weighted by atomic mass is 10.1. The van der Waals surface area contributed by atoms with Gasteiger partial charge in [-0.15, -0.1) is 11.3 Å². The second kappa shape index (κ2) is 7.35. The number of nitrogens with zero attached hydrogens (tertiary/aromatic N) is 2. The van der Waals surface area contributed by atoms with Crippen molar-refractivity contribution >= 4 is 39.7 Å². The molecule has 0 spiro atoms. The lowest BCUT2D eigenvalue weighted by Crippen LogP contribution is -2.14. The van der Waals surface area contributed by atoms with Crippen LogP contribution in [0.2, 0.25) is 0 Å². The summed E-state index contributed by atoms with van der Waals surface area (Å²) in [5.74, 6) is 7.62. The van der Waals surface area contributed by atoms with Crippen molar-refractivity contribution in [2.24, 2.45) is 5.92 Å². The van der Waals surface area contributed by atoms with Crippen LogP contribution in [0.4, 0.5) is 11.6 Å². The highest BCUT2D eigenvalue weighted by atomic mass is 32.1. The number of carbonyl (C=O) groups excluding carboxylic acids is 1. The van der Waals surface area contributed by atoms with Crippen LogP contribution < -0.4 is 10.6 Å². The topological polar surface area (TPSA) is 87.1 Å². The lowest BCUT2D eigenvalue weighted by molar-refractivity contribution is -0.117. The highest BCUT2D eigenvalue weighted by molar-refractivity contribution is 7.10. The van der Waals surface area contributed by atoms with Crippen molar-refractivity contribution in [2.75, 3.05) is 17.7 Å². The van der Waals surface area contributed by atoms with Crippen molar-refractivity contribution in [1.29, 1.82) is 0 Å². The monoisotopic (exact) mass is 378 g/mol. The van der Waals surface area contributed by atoms with E-state index in [4.69, 9.17) is 0 Å². The zero-order valence-corrected chi connectivity index (χ0v) is 15.6. The van der Waals surface area contributed by atoms with Crippen molar-refractivity contribution in [1.82, 2.24) is 9.97 Å². The van der Waals surface area contributed by atoms with E-state index in [1.54, 1.807) is 19.4 Å². The van der Waals surface area contributed by atoms with Crippen LogP contribution in [0, 0.1) is 17.8 Å². The van der Waals surface area contributed by atoms with Crippen LogP contribution >= 0.6 is 11.3 Å². The van der Waals surface area contributed by atoms with Crippen LogP contribution in [-0.4, -0.2) is 28.0 Å². The molecule has 7 heteroatoms. The van der Waals surface area contributed by atoms with Crippen LogP contribution in [0.3, 0.4) is 0 Å². The minimum absolute atomic E-state index is 0.0172. The third kappa shape index (κ3) is 3.63. The van der Waals surface area contributed by atoms with Gasteiger partial charge in [0.1, 0.15) is 11.6 Å². The summed E-state index contributed by atoms with van der Waals surface area (Å²) in [6.45, 7) is -0.0352. The van der Waals surface area contributed by atoms with Crippen LogP contribution in [0.5, 0.6) is 0 Å². The molecule has 0 bridgehead atoms. The van der Waals surface area contributed by atoms with Crippen LogP contribution in [0.1, 0.15) is 28.8 Å². The van der Waals surface area contributed by atoms with Crippen molar-refractivity contribution in [2.45, 2.75) is 19.4 Å². The molecule has 0 aliphatic heterocycles.